The molecule has 2 nitrogen and oxygen atoms in total. The van der Waals surface area contributed by atoms with E-state index in [2.05, 4.69) is 39.0 Å². The summed E-state index contributed by atoms with van der Waals surface area (Å²) in [5.41, 5.74) is 3.39. The molecule has 2 rings (SSSR count). The minimum atomic E-state index is -0.674. The second-order valence-electron chi connectivity index (χ2n) is 6.47. The van der Waals surface area contributed by atoms with Gasteiger partial charge in [0.1, 0.15) is 0 Å². The zero-order valence-corrected chi connectivity index (χ0v) is 11.7. The van der Waals surface area contributed by atoms with Gasteiger partial charge in [-0.25, -0.2) is 0 Å². The van der Waals surface area contributed by atoms with Gasteiger partial charge < -0.3 is 5.11 Å². The first kappa shape index (κ1) is 13.1. The molecule has 1 aliphatic rings. The number of rotatable bonds is 3. The molecule has 1 aromatic rings. The van der Waals surface area contributed by atoms with E-state index in [1.165, 1.54) is 5.56 Å². The first-order valence-corrected chi connectivity index (χ1v) is 6.64. The third kappa shape index (κ3) is 2.58. The first-order chi connectivity index (χ1) is 8.30. The maximum Gasteiger partial charge on any atom is 0.311 e. The minimum Gasteiger partial charge on any atom is -0.481 e. The van der Waals surface area contributed by atoms with Crippen molar-refractivity contribution in [3.8, 4) is 0 Å². The highest BCUT2D eigenvalue weighted by Gasteiger charge is 2.38. The molecule has 1 saturated carbocycles. The van der Waals surface area contributed by atoms with Crippen LogP contribution in [0.5, 0.6) is 0 Å². The molecule has 0 bridgehead atoms. The fourth-order valence-corrected chi connectivity index (χ4v) is 2.46. The predicted octanol–water partition coefficient (Wildman–Crippen LogP) is 3.87. The van der Waals surface area contributed by atoms with Crippen molar-refractivity contribution in [2.75, 3.05) is 0 Å². The van der Waals surface area contributed by atoms with Crippen molar-refractivity contribution in [3.05, 3.63) is 34.9 Å². The maximum absolute atomic E-state index is 11.5. The van der Waals surface area contributed by atoms with Crippen molar-refractivity contribution in [2.24, 2.45) is 5.92 Å². The normalized spacial score (nSPS) is 17.6. The monoisotopic (exact) mass is 246 g/mol. The number of aliphatic carboxylic acids is 1. The van der Waals surface area contributed by atoms with Crippen molar-refractivity contribution >= 4 is 5.97 Å². The van der Waals surface area contributed by atoms with E-state index < -0.39 is 5.97 Å². The van der Waals surface area contributed by atoms with Crippen molar-refractivity contribution in [1.82, 2.24) is 0 Å². The molecule has 0 aliphatic heterocycles. The van der Waals surface area contributed by atoms with Gasteiger partial charge in [0.25, 0.3) is 0 Å². The Morgan fingerprint density at radius 3 is 2.39 bits per heavy atom. The zero-order valence-electron chi connectivity index (χ0n) is 11.7. The summed E-state index contributed by atoms with van der Waals surface area (Å²) in [6.07, 6.45) is 2.10. The molecule has 1 aliphatic carbocycles. The van der Waals surface area contributed by atoms with Crippen LogP contribution in [0.2, 0.25) is 0 Å². The van der Waals surface area contributed by atoms with Crippen LogP contribution in [0.25, 0.3) is 0 Å². The highest BCUT2D eigenvalue weighted by Crippen LogP contribution is 2.44. The van der Waals surface area contributed by atoms with Gasteiger partial charge in [-0.1, -0.05) is 39.0 Å². The lowest BCUT2D eigenvalue weighted by molar-refractivity contribution is -0.139. The van der Waals surface area contributed by atoms with Gasteiger partial charge in [0.15, 0.2) is 0 Å². The molecule has 0 radical (unpaired) electrons. The van der Waals surface area contributed by atoms with E-state index in [1.807, 2.05) is 6.92 Å². The Kier molecular flexibility index (Phi) is 3.22. The van der Waals surface area contributed by atoms with Gasteiger partial charge in [-0.3, -0.25) is 4.79 Å². The van der Waals surface area contributed by atoms with Gasteiger partial charge in [0, 0.05) is 0 Å². The van der Waals surface area contributed by atoms with Crippen LogP contribution in [0, 0.1) is 12.8 Å². The third-order valence-electron chi connectivity index (χ3n) is 3.84. The van der Waals surface area contributed by atoms with Crippen molar-refractivity contribution in [1.29, 1.82) is 0 Å². The van der Waals surface area contributed by atoms with Gasteiger partial charge in [0.05, 0.1) is 5.92 Å². The van der Waals surface area contributed by atoms with Gasteiger partial charge in [0.2, 0.25) is 0 Å². The van der Waals surface area contributed by atoms with Crippen LogP contribution in [0.15, 0.2) is 18.2 Å². The van der Waals surface area contributed by atoms with E-state index in [4.69, 9.17) is 0 Å². The van der Waals surface area contributed by atoms with Gasteiger partial charge in [-0.05, 0) is 47.8 Å². The summed E-state index contributed by atoms with van der Waals surface area (Å²) in [5.74, 6) is -0.643. The lowest BCUT2D eigenvalue weighted by atomic mass is 9.82. The van der Waals surface area contributed by atoms with Gasteiger partial charge >= 0.3 is 5.97 Å². The Balaban J connectivity index is 2.45. The van der Waals surface area contributed by atoms with E-state index in [0.29, 0.717) is 5.92 Å². The number of carboxylic acids is 1. The smallest absolute Gasteiger partial charge is 0.311 e. The van der Waals surface area contributed by atoms with Crippen LogP contribution in [-0.2, 0) is 10.2 Å². The quantitative estimate of drug-likeness (QED) is 0.879. The summed E-state index contributed by atoms with van der Waals surface area (Å²) < 4.78 is 0. The van der Waals surface area contributed by atoms with Crippen LogP contribution in [0.4, 0.5) is 0 Å². The first-order valence-electron chi connectivity index (χ1n) is 6.64. The van der Waals surface area contributed by atoms with Crippen LogP contribution in [0.1, 0.15) is 56.2 Å². The largest absolute Gasteiger partial charge is 0.481 e. The number of hydrogen-bond acceptors (Lipinski definition) is 1. The fourth-order valence-electron chi connectivity index (χ4n) is 2.46. The number of benzene rings is 1. The standard InChI is InChI=1S/C16H22O2/c1-10-5-8-12(16(2,3)4)9-13(10)14(15(17)18)11-6-7-11/h5,8-9,11,14H,6-7H2,1-4H3,(H,17,18). The molecular weight excluding hydrogens is 224 g/mol. The van der Waals surface area contributed by atoms with Gasteiger partial charge in [-0.15, -0.1) is 0 Å². The lowest BCUT2D eigenvalue weighted by Gasteiger charge is -2.23. The molecule has 0 saturated heterocycles. The van der Waals surface area contributed by atoms with E-state index in [0.717, 1.165) is 24.0 Å². The Bertz CT molecular complexity index is 464. The summed E-state index contributed by atoms with van der Waals surface area (Å²) in [5, 5.41) is 9.46. The molecular formula is C16H22O2. The molecule has 1 atom stereocenters. The average molecular weight is 246 g/mol. The Morgan fingerprint density at radius 2 is 1.94 bits per heavy atom. The molecule has 0 spiro atoms. The summed E-state index contributed by atoms with van der Waals surface area (Å²) in [6.45, 7) is 8.50. The van der Waals surface area contributed by atoms with Crippen molar-refractivity contribution < 1.29 is 9.90 Å². The third-order valence-corrected chi connectivity index (χ3v) is 3.84. The summed E-state index contributed by atoms with van der Waals surface area (Å²) >= 11 is 0. The molecule has 0 heterocycles. The number of carbonyl (C=O) groups is 1. The SMILES string of the molecule is Cc1ccc(C(C)(C)C)cc1C(C(=O)O)C1CC1. The molecule has 1 aromatic carbocycles. The summed E-state index contributed by atoms with van der Waals surface area (Å²) in [4.78, 5) is 11.5. The number of carboxylic acid groups (broad SMARTS) is 1. The molecule has 2 heteroatoms. The summed E-state index contributed by atoms with van der Waals surface area (Å²) in [6, 6.07) is 6.28. The Hall–Kier alpha value is -1.31. The van der Waals surface area contributed by atoms with E-state index in [1.54, 1.807) is 0 Å². The van der Waals surface area contributed by atoms with Crippen molar-refractivity contribution in [2.45, 2.75) is 51.9 Å². The lowest BCUT2D eigenvalue weighted by Crippen LogP contribution is -2.17. The summed E-state index contributed by atoms with van der Waals surface area (Å²) in [7, 11) is 0. The van der Waals surface area contributed by atoms with Gasteiger partial charge in [-0.2, -0.15) is 0 Å². The molecule has 98 valence electrons. The molecule has 0 amide bonds. The average Bonchev–Trinajstić information content (AvgIpc) is 3.03. The fraction of sp³-hybridized carbons (Fsp3) is 0.562. The van der Waals surface area contributed by atoms with Crippen LogP contribution in [0.3, 0.4) is 0 Å². The highest BCUT2D eigenvalue weighted by atomic mass is 16.4. The topological polar surface area (TPSA) is 37.3 Å². The molecule has 1 N–H and O–H groups in total. The molecule has 1 unspecified atom stereocenters. The van der Waals surface area contributed by atoms with E-state index in [9.17, 15) is 9.90 Å². The van der Waals surface area contributed by atoms with Crippen molar-refractivity contribution in [3.63, 3.8) is 0 Å². The zero-order chi connectivity index (χ0) is 13.5. The van der Waals surface area contributed by atoms with Crippen LogP contribution < -0.4 is 0 Å². The van der Waals surface area contributed by atoms with E-state index >= 15 is 0 Å². The highest BCUT2D eigenvalue weighted by molar-refractivity contribution is 5.77. The maximum atomic E-state index is 11.5. The van der Waals surface area contributed by atoms with Crippen LogP contribution >= 0.6 is 0 Å². The molecule has 18 heavy (non-hydrogen) atoms. The predicted molar refractivity (Wildman–Crippen MR) is 73.0 cm³/mol. The van der Waals surface area contributed by atoms with Crippen LogP contribution in [-0.4, -0.2) is 11.1 Å². The minimum absolute atomic E-state index is 0.0645. The second-order valence-corrected chi connectivity index (χ2v) is 6.47. The molecule has 1 fully saturated rings. The second kappa shape index (κ2) is 4.42. The Morgan fingerprint density at radius 1 is 1.33 bits per heavy atom. The Labute approximate surface area is 109 Å². The number of aryl methyl sites for hydroxylation is 1. The molecule has 0 aromatic heterocycles. The number of hydrogen-bond donors (Lipinski definition) is 1. The van der Waals surface area contributed by atoms with E-state index in [-0.39, 0.29) is 11.3 Å².